The molecule has 0 unspecified atom stereocenters. The molecule has 0 aliphatic rings. The Morgan fingerprint density at radius 2 is 1.83 bits per heavy atom. The van der Waals surface area contributed by atoms with Crippen molar-refractivity contribution in [1.29, 1.82) is 0 Å². The van der Waals surface area contributed by atoms with Crippen molar-refractivity contribution in [3.05, 3.63) is 57.0 Å². The van der Waals surface area contributed by atoms with Crippen molar-refractivity contribution in [3.63, 3.8) is 0 Å². The number of carbonyl (C=O) groups excluding carboxylic acids is 2. The van der Waals surface area contributed by atoms with Crippen molar-refractivity contribution >= 4 is 39.3 Å². The average Bonchev–Trinajstić information content (AvgIpc) is 2.58. The second kappa shape index (κ2) is 8.17. The molecule has 0 atom stereocenters. The van der Waals surface area contributed by atoms with Gasteiger partial charge in [0, 0.05) is 10.0 Å². The summed E-state index contributed by atoms with van der Waals surface area (Å²) in [4.78, 5) is 24.3. The Morgan fingerprint density at radius 1 is 1.12 bits per heavy atom. The lowest BCUT2D eigenvalue weighted by molar-refractivity contribution is 0.0474. The van der Waals surface area contributed by atoms with Gasteiger partial charge in [0.1, 0.15) is 0 Å². The molecule has 2 aromatic rings. The van der Waals surface area contributed by atoms with Gasteiger partial charge in [0.15, 0.2) is 18.1 Å². The summed E-state index contributed by atoms with van der Waals surface area (Å²) in [6.07, 6.45) is 0. The largest absolute Gasteiger partial charge is 0.493 e. The summed E-state index contributed by atoms with van der Waals surface area (Å²) in [6, 6.07) is 9.74. The molecule has 0 fully saturated rings. The van der Waals surface area contributed by atoms with Crippen LogP contribution in [0, 0.1) is 0 Å². The van der Waals surface area contributed by atoms with Gasteiger partial charge in [-0.15, -0.1) is 0 Å². The number of carbonyl (C=O) groups is 2. The summed E-state index contributed by atoms with van der Waals surface area (Å²) < 4.78 is 15.9. The van der Waals surface area contributed by atoms with Crippen molar-refractivity contribution in [2.75, 3.05) is 20.8 Å². The molecule has 24 heavy (non-hydrogen) atoms. The number of esters is 1. The molecule has 0 bridgehead atoms. The molecule has 0 aliphatic carbocycles. The zero-order valence-corrected chi connectivity index (χ0v) is 15.3. The smallest absolute Gasteiger partial charge is 0.338 e. The van der Waals surface area contributed by atoms with Crippen molar-refractivity contribution in [1.82, 2.24) is 0 Å². The van der Waals surface area contributed by atoms with E-state index in [-0.39, 0.29) is 23.0 Å². The molecule has 5 nitrogen and oxygen atoms in total. The lowest BCUT2D eigenvalue weighted by atomic mass is 10.1. The van der Waals surface area contributed by atoms with Crippen LogP contribution in [0.25, 0.3) is 0 Å². The van der Waals surface area contributed by atoms with Crippen LogP contribution in [-0.4, -0.2) is 32.6 Å². The number of Topliss-reactive ketones (excluding diaryl/α,β-unsaturated/α-hetero) is 1. The van der Waals surface area contributed by atoms with Crippen molar-refractivity contribution < 1.29 is 23.8 Å². The molecule has 2 aromatic carbocycles. The molecule has 0 N–H and O–H groups in total. The summed E-state index contributed by atoms with van der Waals surface area (Å²) in [5.41, 5.74) is 0.605. The number of hydrogen-bond acceptors (Lipinski definition) is 5. The minimum absolute atomic E-state index is 0.164. The SMILES string of the molecule is COc1cc(C(=O)OCC(=O)c2ccccc2Br)cc(Cl)c1OC. The molecule has 126 valence electrons. The van der Waals surface area contributed by atoms with E-state index in [0.29, 0.717) is 21.5 Å². The third-order valence-electron chi connectivity index (χ3n) is 3.18. The second-order valence-corrected chi connectivity index (χ2v) is 5.93. The standard InChI is InChI=1S/C17H14BrClO5/c1-22-15-8-10(7-13(19)16(15)23-2)17(21)24-9-14(20)11-5-3-4-6-12(11)18/h3-8H,9H2,1-2H3. The van der Waals surface area contributed by atoms with E-state index in [0.717, 1.165) is 0 Å². The Labute approximate surface area is 152 Å². The van der Waals surface area contributed by atoms with Crippen LogP contribution in [0.4, 0.5) is 0 Å². The summed E-state index contributed by atoms with van der Waals surface area (Å²) in [6.45, 7) is -0.382. The zero-order valence-electron chi connectivity index (χ0n) is 13.0. The number of benzene rings is 2. The summed E-state index contributed by atoms with van der Waals surface area (Å²) in [5.74, 6) is -0.380. The normalized spacial score (nSPS) is 10.2. The minimum atomic E-state index is -0.682. The predicted molar refractivity (Wildman–Crippen MR) is 93.3 cm³/mol. The maximum atomic E-state index is 12.1. The predicted octanol–water partition coefficient (Wildman–Crippen LogP) is 4.16. The second-order valence-electron chi connectivity index (χ2n) is 4.67. The van der Waals surface area contributed by atoms with E-state index in [9.17, 15) is 9.59 Å². The van der Waals surface area contributed by atoms with Crippen LogP contribution < -0.4 is 9.47 Å². The monoisotopic (exact) mass is 412 g/mol. The van der Waals surface area contributed by atoms with E-state index in [2.05, 4.69) is 15.9 Å². The summed E-state index contributed by atoms with van der Waals surface area (Å²) in [7, 11) is 2.87. The van der Waals surface area contributed by atoms with Crippen LogP contribution in [-0.2, 0) is 4.74 Å². The lowest BCUT2D eigenvalue weighted by Gasteiger charge is -2.11. The maximum absolute atomic E-state index is 12.1. The lowest BCUT2D eigenvalue weighted by Crippen LogP contribution is -2.15. The number of hydrogen-bond donors (Lipinski definition) is 0. The van der Waals surface area contributed by atoms with Gasteiger partial charge in [-0.25, -0.2) is 4.79 Å². The fraction of sp³-hybridized carbons (Fsp3) is 0.176. The van der Waals surface area contributed by atoms with Gasteiger partial charge < -0.3 is 14.2 Å². The van der Waals surface area contributed by atoms with Crippen LogP contribution >= 0.6 is 27.5 Å². The summed E-state index contributed by atoms with van der Waals surface area (Å²) in [5, 5.41) is 0.209. The van der Waals surface area contributed by atoms with Gasteiger partial charge in [-0.05, 0) is 18.2 Å². The highest BCUT2D eigenvalue weighted by Crippen LogP contribution is 2.36. The van der Waals surface area contributed by atoms with Crippen molar-refractivity contribution in [2.45, 2.75) is 0 Å². The van der Waals surface area contributed by atoms with E-state index in [1.807, 2.05) is 0 Å². The molecule has 0 saturated heterocycles. The van der Waals surface area contributed by atoms with Gasteiger partial charge >= 0.3 is 5.97 Å². The Kier molecular flexibility index (Phi) is 6.23. The van der Waals surface area contributed by atoms with Crippen LogP contribution in [0.3, 0.4) is 0 Å². The fourth-order valence-electron chi connectivity index (χ4n) is 2.02. The Hall–Kier alpha value is -2.05. The Morgan fingerprint density at radius 3 is 2.46 bits per heavy atom. The van der Waals surface area contributed by atoms with Crippen molar-refractivity contribution in [3.8, 4) is 11.5 Å². The van der Waals surface area contributed by atoms with E-state index in [4.69, 9.17) is 25.8 Å². The van der Waals surface area contributed by atoms with Crippen LogP contribution in [0.2, 0.25) is 5.02 Å². The number of ether oxygens (including phenoxy) is 3. The van der Waals surface area contributed by atoms with Crippen LogP contribution in [0.1, 0.15) is 20.7 Å². The van der Waals surface area contributed by atoms with Gasteiger partial charge in [-0.3, -0.25) is 4.79 Å². The minimum Gasteiger partial charge on any atom is -0.493 e. The highest BCUT2D eigenvalue weighted by Gasteiger charge is 2.18. The first-order valence-corrected chi connectivity index (χ1v) is 8.01. The third-order valence-corrected chi connectivity index (χ3v) is 4.15. The van der Waals surface area contributed by atoms with Gasteiger partial charge in [-0.1, -0.05) is 45.7 Å². The molecule has 2 rings (SSSR count). The van der Waals surface area contributed by atoms with Crippen LogP contribution in [0.15, 0.2) is 40.9 Å². The zero-order chi connectivity index (χ0) is 17.7. The number of ketones is 1. The highest BCUT2D eigenvalue weighted by molar-refractivity contribution is 9.10. The number of methoxy groups -OCH3 is 2. The van der Waals surface area contributed by atoms with Gasteiger partial charge in [0.05, 0.1) is 24.8 Å². The van der Waals surface area contributed by atoms with Gasteiger partial charge in [0.25, 0.3) is 0 Å². The first-order chi connectivity index (χ1) is 11.5. The van der Waals surface area contributed by atoms with E-state index in [1.165, 1.54) is 26.4 Å². The molecule has 0 amide bonds. The molecule has 0 saturated carbocycles. The molecular weight excluding hydrogens is 400 g/mol. The van der Waals surface area contributed by atoms with Crippen molar-refractivity contribution in [2.24, 2.45) is 0 Å². The quantitative estimate of drug-likeness (QED) is 0.526. The average molecular weight is 414 g/mol. The van der Waals surface area contributed by atoms with Crippen LogP contribution in [0.5, 0.6) is 11.5 Å². The van der Waals surface area contributed by atoms with Gasteiger partial charge in [0.2, 0.25) is 5.78 Å². The molecular formula is C17H14BrClO5. The first-order valence-electron chi connectivity index (χ1n) is 6.84. The molecule has 0 heterocycles. The number of halogens is 2. The van der Waals surface area contributed by atoms with Gasteiger partial charge in [-0.2, -0.15) is 0 Å². The molecule has 0 aliphatic heterocycles. The molecule has 0 aromatic heterocycles. The Balaban J connectivity index is 2.12. The Bertz CT molecular complexity index is 776. The van der Waals surface area contributed by atoms with E-state index >= 15 is 0 Å². The molecule has 0 radical (unpaired) electrons. The summed E-state index contributed by atoms with van der Waals surface area (Å²) >= 11 is 9.33. The van der Waals surface area contributed by atoms with E-state index < -0.39 is 5.97 Å². The first kappa shape index (κ1) is 18.3. The topological polar surface area (TPSA) is 61.8 Å². The highest BCUT2D eigenvalue weighted by atomic mass is 79.9. The maximum Gasteiger partial charge on any atom is 0.338 e. The molecule has 7 heteroatoms. The molecule has 0 spiro atoms. The fourth-order valence-corrected chi connectivity index (χ4v) is 2.81. The third kappa shape index (κ3) is 4.07. The number of rotatable bonds is 6. The van der Waals surface area contributed by atoms with E-state index in [1.54, 1.807) is 24.3 Å².